The number of anilines is 2. The maximum absolute atomic E-state index is 10.8. The van der Waals surface area contributed by atoms with Gasteiger partial charge >= 0.3 is 5.97 Å². The third-order valence-electron chi connectivity index (χ3n) is 2.89. The van der Waals surface area contributed by atoms with Crippen molar-refractivity contribution in [2.45, 2.75) is 13.1 Å². The van der Waals surface area contributed by atoms with E-state index in [1.54, 1.807) is 0 Å². The molecule has 2 rings (SSSR count). The molecule has 0 fully saturated rings. The predicted octanol–water partition coefficient (Wildman–Crippen LogP) is 1.37. The lowest BCUT2D eigenvalue weighted by atomic mass is 10.2. The second-order valence-electron chi connectivity index (χ2n) is 3.75. The first kappa shape index (κ1) is 9.83. The number of rotatable bonds is 2. The van der Waals surface area contributed by atoms with Crippen molar-refractivity contribution in [2.24, 2.45) is 0 Å². The first-order valence-corrected chi connectivity index (χ1v) is 4.91. The molecule has 1 N–H and O–H groups in total. The Bertz CT molecular complexity index is 392. The Hall–Kier alpha value is -1.71. The number of carbonyl (C=O) groups is 1. The molecule has 0 radical (unpaired) electrons. The fraction of sp³-hybridized carbons (Fsp3) is 0.364. The van der Waals surface area contributed by atoms with Crippen LogP contribution in [0.2, 0.25) is 0 Å². The molecule has 0 bridgehead atoms. The van der Waals surface area contributed by atoms with Crippen LogP contribution in [0.4, 0.5) is 11.4 Å². The summed E-state index contributed by atoms with van der Waals surface area (Å²) in [4.78, 5) is 14.7. The van der Waals surface area contributed by atoms with E-state index in [0.29, 0.717) is 0 Å². The summed E-state index contributed by atoms with van der Waals surface area (Å²) in [6, 6.07) is 7.86. The van der Waals surface area contributed by atoms with E-state index in [1.165, 1.54) is 0 Å². The maximum atomic E-state index is 10.8. The van der Waals surface area contributed by atoms with Crippen molar-refractivity contribution >= 4 is 17.3 Å². The Balaban J connectivity index is 2.37. The van der Waals surface area contributed by atoms with Gasteiger partial charge in [0, 0.05) is 7.05 Å². The Kier molecular flexibility index (Phi) is 2.26. The van der Waals surface area contributed by atoms with E-state index in [9.17, 15) is 4.79 Å². The van der Waals surface area contributed by atoms with E-state index in [0.717, 1.165) is 11.4 Å². The first-order valence-electron chi connectivity index (χ1n) is 4.91. The summed E-state index contributed by atoms with van der Waals surface area (Å²) < 4.78 is 0. The molecule has 0 saturated carbocycles. The molecule has 0 saturated heterocycles. The van der Waals surface area contributed by atoms with Crippen LogP contribution in [0.1, 0.15) is 6.92 Å². The molecule has 0 aliphatic carbocycles. The molecule has 1 aromatic rings. The van der Waals surface area contributed by atoms with Crippen LogP contribution in [-0.4, -0.2) is 30.8 Å². The molecule has 80 valence electrons. The molecule has 0 aromatic heterocycles. The number of carboxylic acids is 1. The van der Waals surface area contributed by atoms with E-state index in [2.05, 4.69) is 4.90 Å². The lowest BCUT2D eigenvalue weighted by Crippen LogP contribution is -2.41. The fourth-order valence-electron chi connectivity index (χ4n) is 1.98. The van der Waals surface area contributed by atoms with Crippen LogP contribution in [0.15, 0.2) is 24.3 Å². The highest BCUT2D eigenvalue weighted by molar-refractivity contribution is 5.82. The summed E-state index contributed by atoms with van der Waals surface area (Å²) >= 11 is 0. The van der Waals surface area contributed by atoms with Crippen LogP contribution < -0.4 is 9.80 Å². The zero-order valence-electron chi connectivity index (χ0n) is 8.84. The van der Waals surface area contributed by atoms with Crippen molar-refractivity contribution in [1.82, 2.24) is 0 Å². The van der Waals surface area contributed by atoms with Crippen LogP contribution in [0.25, 0.3) is 0 Å². The molecule has 1 unspecified atom stereocenters. The van der Waals surface area contributed by atoms with Gasteiger partial charge in [-0.25, -0.2) is 0 Å². The van der Waals surface area contributed by atoms with Crippen molar-refractivity contribution in [3.8, 4) is 0 Å². The topological polar surface area (TPSA) is 43.8 Å². The van der Waals surface area contributed by atoms with Crippen molar-refractivity contribution in [2.75, 3.05) is 23.4 Å². The van der Waals surface area contributed by atoms with Gasteiger partial charge in [0.2, 0.25) is 0 Å². The van der Waals surface area contributed by atoms with Crippen LogP contribution in [0.5, 0.6) is 0 Å². The van der Waals surface area contributed by atoms with Crippen LogP contribution in [0.3, 0.4) is 0 Å². The Morgan fingerprint density at radius 3 is 2.60 bits per heavy atom. The monoisotopic (exact) mass is 206 g/mol. The smallest absolute Gasteiger partial charge is 0.323 e. The molecule has 4 nitrogen and oxygen atoms in total. The van der Waals surface area contributed by atoms with E-state index in [-0.39, 0.29) is 12.7 Å². The largest absolute Gasteiger partial charge is 0.480 e. The molecular weight excluding hydrogens is 192 g/mol. The predicted molar refractivity (Wildman–Crippen MR) is 59.3 cm³/mol. The lowest BCUT2D eigenvalue weighted by Gasteiger charge is -2.25. The number of aliphatic carboxylic acids is 1. The number of hydrogen-bond donors (Lipinski definition) is 1. The summed E-state index contributed by atoms with van der Waals surface area (Å²) in [6.45, 7) is 2.05. The summed E-state index contributed by atoms with van der Waals surface area (Å²) in [5.41, 5.74) is 2.08. The molecule has 0 spiro atoms. The first-order chi connectivity index (χ1) is 7.11. The molecule has 1 aromatic carbocycles. The Morgan fingerprint density at radius 1 is 1.40 bits per heavy atom. The number of benzene rings is 1. The number of nitrogens with zero attached hydrogens (tertiary/aromatic N) is 2. The summed E-state index contributed by atoms with van der Waals surface area (Å²) in [5.74, 6) is -0.799. The third-order valence-corrected chi connectivity index (χ3v) is 2.89. The van der Waals surface area contributed by atoms with Gasteiger partial charge in [-0.3, -0.25) is 4.79 Å². The minimum absolute atomic E-state index is 0.0442. The summed E-state index contributed by atoms with van der Waals surface area (Å²) in [6.07, 6.45) is 0.0958. The number of fused-ring (bicyclic) bond motifs is 1. The van der Waals surface area contributed by atoms with Gasteiger partial charge in [0.05, 0.1) is 17.5 Å². The highest BCUT2D eigenvalue weighted by Crippen LogP contribution is 2.37. The van der Waals surface area contributed by atoms with Gasteiger partial charge in [0.1, 0.15) is 6.54 Å². The minimum atomic E-state index is -0.799. The lowest BCUT2D eigenvalue weighted by molar-refractivity contribution is -0.135. The summed E-state index contributed by atoms with van der Waals surface area (Å²) in [5, 5.41) is 8.84. The quantitative estimate of drug-likeness (QED) is 0.793. The van der Waals surface area contributed by atoms with Gasteiger partial charge in [-0.05, 0) is 19.1 Å². The fourth-order valence-corrected chi connectivity index (χ4v) is 1.98. The van der Waals surface area contributed by atoms with Crippen molar-refractivity contribution in [3.63, 3.8) is 0 Å². The van der Waals surface area contributed by atoms with Gasteiger partial charge < -0.3 is 14.9 Å². The highest BCUT2D eigenvalue weighted by Gasteiger charge is 2.30. The number of carboxylic acid groups (broad SMARTS) is 1. The normalized spacial score (nSPS) is 19.2. The SMILES string of the molecule is CC1N(C)c2ccccc2N1CC(=O)O. The van der Waals surface area contributed by atoms with Crippen molar-refractivity contribution in [3.05, 3.63) is 24.3 Å². The molecule has 1 aliphatic rings. The van der Waals surface area contributed by atoms with Gasteiger partial charge in [-0.2, -0.15) is 0 Å². The van der Waals surface area contributed by atoms with E-state index >= 15 is 0 Å². The van der Waals surface area contributed by atoms with Crippen molar-refractivity contribution < 1.29 is 9.90 Å². The minimum Gasteiger partial charge on any atom is -0.480 e. The van der Waals surface area contributed by atoms with Crippen LogP contribution in [-0.2, 0) is 4.79 Å². The highest BCUT2D eigenvalue weighted by atomic mass is 16.4. The van der Waals surface area contributed by atoms with Crippen LogP contribution in [0, 0.1) is 0 Å². The van der Waals surface area contributed by atoms with E-state index in [1.807, 2.05) is 43.1 Å². The molecule has 1 aliphatic heterocycles. The van der Waals surface area contributed by atoms with Gasteiger partial charge in [0.25, 0.3) is 0 Å². The average Bonchev–Trinajstić information content (AvgIpc) is 2.44. The van der Waals surface area contributed by atoms with Crippen molar-refractivity contribution in [1.29, 1.82) is 0 Å². The molecule has 1 heterocycles. The third kappa shape index (κ3) is 1.52. The van der Waals surface area contributed by atoms with Gasteiger partial charge in [-0.1, -0.05) is 12.1 Å². The second kappa shape index (κ2) is 3.46. The number of para-hydroxylation sites is 2. The summed E-state index contributed by atoms with van der Waals surface area (Å²) in [7, 11) is 1.98. The number of hydrogen-bond acceptors (Lipinski definition) is 3. The molecular formula is C11H14N2O2. The second-order valence-corrected chi connectivity index (χ2v) is 3.75. The van der Waals surface area contributed by atoms with Gasteiger partial charge in [-0.15, -0.1) is 0 Å². The molecule has 4 heteroatoms. The molecule has 1 atom stereocenters. The average molecular weight is 206 g/mol. The zero-order valence-corrected chi connectivity index (χ0v) is 8.84. The maximum Gasteiger partial charge on any atom is 0.323 e. The molecule has 15 heavy (non-hydrogen) atoms. The standard InChI is InChI=1S/C11H14N2O2/c1-8-12(2)9-5-3-4-6-10(9)13(8)7-11(14)15/h3-6,8H,7H2,1-2H3,(H,14,15). The molecule has 0 amide bonds. The van der Waals surface area contributed by atoms with Crippen LogP contribution >= 0.6 is 0 Å². The van der Waals surface area contributed by atoms with E-state index < -0.39 is 5.97 Å². The zero-order chi connectivity index (χ0) is 11.0. The Morgan fingerprint density at radius 2 is 2.00 bits per heavy atom. The van der Waals surface area contributed by atoms with Gasteiger partial charge in [0.15, 0.2) is 0 Å². The Labute approximate surface area is 88.7 Å². The van der Waals surface area contributed by atoms with E-state index in [4.69, 9.17) is 5.11 Å².